The summed E-state index contributed by atoms with van der Waals surface area (Å²) in [5.74, 6) is 0.147. The zero-order valence-corrected chi connectivity index (χ0v) is 15.0. The first-order chi connectivity index (χ1) is 12.4. The second-order valence-corrected chi connectivity index (χ2v) is 7.32. The number of benzene rings is 2. The lowest BCUT2D eigenvalue weighted by Gasteiger charge is -2.28. The maximum atomic E-state index is 13.5. The lowest BCUT2D eigenvalue weighted by molar-refractivity contribution is -0.139. The zero-order chi connectivity index (χ0) is 18.7. The maximum absolute atomic E-state index is 13.5. The van der Waals surface area contributed by atoms with Crippen molar-refractivity contribution in [3.63, 3.8) is 0 Å². The third-order valence-corrected chi connectivity index (χ3v) is 5.53. The Balaban J connectivity index is 1.74. The topological polar surface area (TPSA) is 0 Å². The molecule has 0 nitrogen and oxygen atoms in total. The van der Waals surface area contributed by atoms with Gasteiger partial charge in [0.15, 0.2) is 0 Å². The van der Waals surface area contributed by atoms with Gasteiger partial charge in [-0.2, -0.15) is 13.2 Å². The molecule has 4 heteroatoms. The van der Waals surface area contributed by atoms with Gasteiger partial charge in [0.05, 0.1) is 5.56 Å². The smallest absolute Gasteiger partial charge is 0.206 e. The molecule has 2 aromatic carbocycles. The summed E-state index contributed by atoms with van der Waals surface area (Å²) in [4.78, 5) is 0. The van der Waals surface area contributed by atoms with Crippen molar-refractivity contribution in [2.45, 2.75) is 57.5 Å². The van der Waals surface area contributed by atoms with Crippen LogP contribution in [-0.4, -0.2) is 0 Å². The minimum absolute atomic E-state index is 0.386. The molecular weight excluding hydrogens is 340 g/mol. The van der Waals surface area contributed by atoms with Gasteiger partial charge < -0.3 is 0 Å². The molecule has 2 aromatic rings. The molecule has 0 aromatic heterocycles. The molecule has 0 radical (unpaired) electrons. The first-order valence-corrected chi connectivity index (χ1v) is 9.35. The van der Waals surface area contributed by atoms with E-state index in [4.69, 9.17) is 0 Å². The highest BCUT2D eigenvalue weighted by molar-refractivity contribution is 5.65. The van der Waals surface area contributed by atoms with E-state index in [2.05, 4.69) is 6.92 Å². The Morgan fingerprint density at radius 2 is 1.50 bits per heavy atom. The minimum atomic E-state index is -4.68. The van der Waals surface area contributed by atoms with Gasteiger partial charge in [0.1, 0.15) is 5.82 Å². The molecule has 0 N–H and O–H groups in total. The van der Waals surface area contributed by atoms with E-state index >= 15 is 0 Å². The molecule has 0 aliphatic heterocycles. The summed E-state index contributed by atoms with van der Waals surface area (Å²) >= 11 is 0. The summed E-state index contributed by atoms with van der Waals surface area (Å²) in [5.41, 5.74) is 1.10. The van der Waals surface area contributed by atoms with Crippen LogP contribution in [0.1, 0.15) is 62.5 Å². The molecule has 1 aliphatic carbocycles. The van der Waals surface area contributed by atoms with Crippen LogP contribution in [0.5, 0.6) is 0 Å². The maximum Gasteiger partial charge on any atom is 0.419 e. The summed E-state index contributed by atoms with van der Waals surface area (Å²) in [6, 6.07) is 10.9. The van der Waals surface area contributed by atoms with Gasteiger partial charge in [0, 0.05) is 0 Å². The molecule has 0 spiro atoms. The number of hydrogen-bond donors (Lipinski definition) is 0. The van der Waals surface area contributed by atoms with Crippen LogP contribution >= 0.6 is 0 Å². The number of alkyl halides is 3. The summed E-state index contributed by atoms with van der Waals surface area (Å²) in [7, 11) is 0. The van der Waals surface area contributed by atoms with Gasteiger partial charge in [0.25, 0.3) is 0 Å². The Morgan fingerprint density at radius 3 is 2.08 bits per heavy atom. The lowest BCUT2D eigenvalue weighted by Crippen LogP contribution is -2.13. The van der Waals surface area contributed by atoms with Crippen LogP contribution in [0.4, 0.5) is 17.6 Å². The van der Waals surface area contributed by atoms with E-state index in [1.165, 1.54) is 50.2 Å². The van der Waals surface area contributed by atoms with E-state index in [0.29, 0.717) is 17.0 Å². The average molecular weight is 364 g/mol. The second kappa shape index (κ2) is 7.81. The molecule has 1 saturated carbocycles. The van der Waals surface area contributed by atoms with Gasteiger partial charge in [-0.15, -0.1) is 0 Å². The van der Waals surface area contributed by atoms with Crippen LogP contribution in [0.15, 0.2) is 42.5 Å². The zero-order valence-electron chi connectivity index (χ0n) is 15.0. The van der Waals surface area contributed by atoms with Crippen molar-refractivity contribution in [3.05, 3.63) is 59.4 Å². The lowest BCUT2D eigenvalue weighted by atomic mass is 9.77. The Bertz CT molecular complexity index is 723. The van der Waals surface area contributed by atoms with E-state index in [0.717, 1.165) is 18.1 Å². The Hall–Kier alpha value is -1.84. The molecule has 26 heavy (non-hydrogen) atoms. The van der Waals surface area contributed by atoms with Crippen molar-refractivity contribution in [2.75, 3.05) is 0 Å². The Morgan fingerprint density at radius 1 is 0.885 bits per heavy atom. The van der Waals surface area contributed by atoms with Crippen LogP contribution in [0, 0.1) is 11.7 Å². The fraction of sp³-hybridized carbons (Fsp3) is 0.455. The van der Waals surface area contributed by atoms with Gasteiger partial charge in [-0.25, -0.2) is 4.39 Å². The Kier molecular flexibility index (Phi) is 5.69. The number of halogens is 4. The van der Waals surface area contributed by atoms with Crippen molar-refractivity contribution in [1.82, 2.24) is 0 Å². The van der Waals surface area contributed by atoms with E-state index in [1.54, 1.807) is 0 Å². The molecule has 0 bridgehead atoms. The molecule has 0 saturated heterocycles. The standard InChI is InChI=1S/C22H24F4/c1-2-3-15-4-6-16(7-5-15)17-8-10-18(11-9-17)19-12-13-21(23)20(14-19)22(24,25)26/h8-16H,2-7H2,1H3. The van der Waals surface area contributed by atoms with Crippen molar-refractivity contribution < 1.29 is 17.6 Å². The van der Waals surface area contributed by atoms with E-state index < -0.39 is 17.6 Å². The highest BCUT2D eigenvalue weighted by atomic mass is 19.4. The van der Waals surface area contributed by atoms with E-state index in [-0.39, 0.29) is 0 Å². The fourth-order valence-corrected chi connectivity index (χ4v) is 4.06. The SMILES string of the molecule is CCCC1CCC(c2ccc(-c3ccc(F)c(C(F)(F)F)c3)cc2)CC1. The molecule has 1 aliphatic rings. The number of hydrogen-bond acceptors (Lipinski definition) is 0. The highest BCUT2D eigenvalue weighted by Crippen LogP contribution is 2.38. The molecule has 0 atom stereocenters. The van der Waals surface area contributed by atoms with Crippen LogP contribution in [0.25, 0.3) is 11.1 Å². The Labute approximate surface area is 152 Å². The molecule has 3 rings (SSSR count). The summed E-state index contributed by atoms with van der Waals surface area (Å²) in [5, 5.41) is 0. The quantitative estimate of drug-likeness (QED) is 0.490. The van der Waals surface area contributed by atoms with E-state index in [1.807, 2.05) is 24.3 Å². The van der Waals surface area contributed by atoms with Crippen LogP contribution in [0.3, 0.4) is 0 Å². The van der Waals surface area contributed by atoms with Crippen LogP contribution in [0.2, 0.25) is 0 Å². The van der Waals surface area contributed by atoms with Crippen LogP contribution in [-0.2, 0) is 6.18 Å². The van der Waals surface area contributed by atoms with Gasteiger partial charge in [-0.1, -0.05) is 50.1 Å². The van der Waals surface area contributed by atoms with E-state index in [9.17, 15) is 17.6 Å². The third kappa shape index (κ3) is 4.28. The first-order valence-electron chi connectivity index (χ1n) is 9.35. The second-order valence-electron chi connectivity index (χ2n) is 7.32. The van der Waals surface area contributed by atoms with Crippen molar-refractivity contribution in [3.8, 4) is 11.1 Å². The first kappa shape index (κ1) is 18.9. The van der Waals surface area contributed by atoms with Gasteiger partial charge in [-0.05, 0) is 66.3 Å². The highest BCUT2D eigenvalue weighted by Gasteiger charge is 2.34. The fourth-order valence-electron chi connectivity index (χ4n) is 4.06. The van der Waals surface area contributed by atoms with Crippen LogP contribution < -0.4 is 0 Å². The predicted octanol–water partition coefficient (Wildman–Crippen LogP) is 7.59. The van der Waals surface area contributed by atoms with Crippen molar-refractivity contribution >= 4 is 0 Å². The largest absolute Gasteiger partial charge is 0.419 e. The normalized spacial score (nSPS) is 21.0. The molecule has 140 valence electrons. The minimum Gasteiger partial charge on any atom is -0.206 e. The van der Waals surface area contributed by atoms with Gasteiger partial charge in [-0.3, -0.25) is 0 Å². The molecular formula is C22H24F4. The van der Waals surface area contributed by atoms with Gasteiger partial charge in [0.2, 0.25) is 0 Å². The summed E-state index contributed by atoms with van der Waals surface area (Å²) in [6.45, 7) is 2.23. The summed E-state index contributed by atoms with van der Waals surface area (Å²) in [6.07, 6.45) is 2.73. The average Bonchev–Trinajstić information content (AvgIpc) is 2.62. The monoisotopic (exact) mass is 364 g/mol. The third-order valence-electron chi connectivity index (χ3n) is 5.53. The summed E-state index contributed by atoms with van der Waals surface area (Å²) < 4.78 is 52.1. The van der Waals surface area contributed by atoms with Crippen molar-refractivity contribution in [1.29, 1.82) is 0 Å². The molecule has 0 heterocycles. The van der Waals surface area contributed by atoms with Gasteiger partial charge >= 0.3 is 6.18 Å². The number of rotatable bonds is 4. The molecule has 0 amide bonds. The molecule has 0 unspecified atom stereocenters. The van der Waals surface area contributed by atoms with Crippen molar-refractivity contribution in [2.24, 2.45) is 5.92 Å². The predicted molar refractivity (Wildman–Crippen MR) is 96.4 cm³/mol. The molecule has 1 fully saturated rings.